The molecule has 0 aromatic heterocycles. The fourth-order valence-electron chi connectivity index (χ4n) is 2.06. The molecule has 2 atom stereocenters. The molecule has 0 aliphatic carbocycles. The standard InChI is InChI=1S/C11H13ClO5S2/c12-9-3-1-8(2-4-9)5-19(16,17)11-7-18(14,15)6-10(11)13/h1-4,10-11,13H,5-7H2/t10-,11-/m0/s1. The second-order valence-electron chi connectivity index (χ2n) is 4.62. The normalized spacial score (nSPS) is 26.4. The smallest absolute Gasteiger partial charge is 0.160 e. The zero-order valence-electron chi connectivity index (χ0n) is 9.86. The second-order valence-corrected chi connectivity index (χ2v) is 9.43. The van der Waals surface area contributed by atoms with Gasteiger partial charge in [0.15, 0.2) is 19.7 Å². The first kappa shape index (κ1) is 14.8. The van der Waals surface area contributed by atoms with Crippen molar-refractivity contribution in [2.24, 2.45) is 0 Å². The average Bonchev–Trinajstić information content (AvgIpc) is 2.56. The molecule has 0 amide bonds. The minimum absolute atomic E-state index is 0.304. The maximum atomic E-state index is 12.1. The molecule has 0 bridgehead atoms. The molecule has 0 radical (unpaired) electrons. The summed E-state index contributed by atoms with van der Waals surface area (Å²) < 4.78 is 47.0. The van der Waals surface area contributed by atoms with Crippen LogP contribution in [-0.2, 0) is 25.4 Å². The molecule has 1 aromatic carbocycles. The van der Waals surface area contributed by atoms with Crippen LogP contribution in [0.25, 0.3) is 0 Å². The van der Waals surface area contributed by atoms with E-state index in [1.54, 1.807) is 24.3 Å². The van der Waals surface area contributed by atoms with Gasteiger partial charge in [-0.3, -0.25) is 0 Å². The number of hydrogen-bond donors (Lipinski definition) is 1. The third kappa shape index (κ3) is 3.47. The molecule has 5 nitrogen and oxygen atoms in total. The van der Waals surface area contributed by atoms with E-state index < -0.39 is 42.5 Å². The molecule has 1 saturated heterocycles. The van der Waals surface area contributed by atoms with Crippen molar-refractivity contribution in [1.29, 1.82) is 0 Å². The van der Waals surface area contributed by atoms with Crippen molar-refractivity contribution in [2.75, 3.05) is 11.5 Å². The Kier molecular flexibility index (Phi) is 3.92. The van der Waals surface area contributed by atoms with Crippen LogP contribution in [0.5, 0.6) is 0 Å². The highest BCUT2D eigenvalue weighted by Crippen LogP contribution is 2.23. The molecule has 1 aromatic rings. The molecule has 1 aliphatic rings. The van der Waals surface area contributed by atoms with Crippen LogP contribution in [0.15, 0.2) is 24.3 Å². The van der Waals surface area contributed by atoms with Crippen LogP contribution in [0.2, 0.25) is 5.02 Å². The molecule has 1 fully saturated rings. The Morgan fingerprint density at radius 2 is 1.79 bits per heavy atom. The summed E-state index contributed by atoms with van der Waals surface area (Å²) in [7, 11) is -7.20. The SMILES string of the molecule is O=S1(=O)C[C@H](O)[C@@H](S(=O)(=O)Cc2ccc(Cl)cc2)C1. The lowest BCUT2D eigenvalue weighted by atomic mass is 10.2. The fourth-order valence-corrected chi connectivity index (χ4v) is 6.82. The van der Waals surface area contributed by atoms with Crippen LogP contribution in [0, 0.1) is 0 Å². The topological polar surface area (TPSA) is 88.5 Å². The first-order chi connectivity index (χ1) is 8.70. The molecule has 0 unspecified atom stereocenters. The van der Waals surface area contributed by atoms with E-state index in [0.717, 1.165) is 0 Å². The Morgan fingerprint density at radius 1 is 1.21 bits per heavy atom. The van der Waals surface area contributed by atoms with Crippen LogP contribution in [0.1, 0.15) is 5.56 Å². The first-order valence-electron chi connectivity index (χ1n) is 5.54. The van der Waals surface area contributed by atoms with Crippen molar-refractivity contribution in [3.05, 3.63) is 34.9 Å². The van der Waals surface area contributed by atoms with Gasteiger partial charge in [-0.2, -0.15) is 0 Å². The highest BCUT2D eigenvalue weighted by Gasteiger charge is 2.44. The molecule has 2 rings (SSSR count). The summed E-state index contributed by atoms with van der Waals surface area (Å²) in [5.74, 6) is -1.30. The highest BCUT2D eigenvalue weighted by molar-refractivity contribution is 7.96. The Labute approximate surface area is 117 Å². The van der Waals surface area contributed by atoms with Gasteiger partial charge in [0.25, 0.3) is 0 Å². The summed E-state index contributed by atoms with van der Waals surface area (Å²) in [6.45, 7) is 0. The van der Waals surface area contributed by atoms with Gasteiger partial charge in [0, 0.05) is 5.02 Å². The number of aliphatic hydroxyl groups excluding tert-OH is 1. The zero-order chi connectivity index (χ0) is 14.3. The van der Waals surface area contributed by atoms with Gasteiger partial charge in [0.1, 0.15) is 5.25 Å². The highest BCUT2D eigenvalue weighted by atomic mass is 35.5. The Morgan fingerprint density at radius 3 is 2.26 bits per heavy atom. The molecule has 8 heteroatoms. The van der Waals surface area contributed by atoms with E-state index in [0.29, 0.717) is 10.6 Å². The van der Waals surface area contributed by atoms with E-state index in [2.05, 4.69) is 0 Å². The molecular formula is C11H13ClO5S2. The third-order valence-electron chi connectivity index (χ3n) is 3.01. The van der Waals surface area contributed by atoms with Crippen LogP contribution in [-0.4, -0.2) is 44.8 Å². The van der Waals surface area contributed by atoms with E-state index in [-0.39, 0.29) is 5.75 Å². The summed E-state index contributed by atoms with van der Waals surface area (Å²) in [4.78, 5) is 0. The van der Waals surface area contributed by atoms with Crippen molar-refractivity contribution in [1.82, 2.24) is 0 Å². The lowest BCUT2D eigenvalue weighted by molar-refractivity contribution is 0.204. The lowest BCUT2D eigenvalue weighted by Gasteiger charge is -2.13. The minimum atomic E-state index is -3.72. The number of hydrogen-bond acceptors (Lipinski definition) is 5. The molecule has 106 valence electrons. The van der Waals surface area contributed by atoms with Gasteiger partial charge < -0.3 is 5.11 Å². The van der Waals surface area contributed by atoms with Crippen molar-refractivity contribution in [2.45, 2.75) is 17.1 Å². The summed E-state index contributed by atoms with van der Waals surface area (Å²) >= 11 is 5.70. The maximum Gasteiger partial charge on any atom is 0.160 e. The Hall–Kier alpha value is -0.630. The van der Waals surface area contributed by atoms with Crippen LogP contribution in [0.4, 0.5) is 0 Å². The van der Waals surface area contributed by atoms with Gasteiger partial charge in [-0.05, 0) is 17.7 Å². The zero-order valence-corrected chi connectivity index (χ0v) is 12.2. The molecule has 1 aliphatic heterocycles. The monoisotopic (exact) mass is 324 g/mol. The average molecular weight is 325 g/mol. The number of sulfone groups is 2. The lowest BCUT2D eigenvalue weighted by Crippen LogP contribution is -2.33. The predicted molar refractivity (Wildman–Crippen MR) is 72.5 cm³/mol. The Balaban J connectivity index is 2.22. The predicted octanol–water partition coefficient (Wildman–Crippen LogP) is 0.413. The molecule has 19 heavy (non-hydrogen) atoms. The second kappa shape index (κ2) is 5.05. The molecule has 1 N–H and O–H groups in total. The van der Waals surface area contributed by atoms with E-state index in [4.69, 9.17) is 11.6 Å². The van der Waals surface area contributed by atoms with Crippen LogP contribution >= 0.6 is 11.6 Å². The largest absolute Gasteiger partial charge is 0.391 e. The van der Waals surface area contributed by atoms with E-state index in [1.165, 1.54) is 0 Å². The number of aliphatic hydroxyl groups is 1. The third-order valence-corrected chi connectivity index (χ3v) is 7.33. The van der Waals surface area contributed by atoms with Gasteiger partial charge in [-0.25, -0.2) is 16.8 Å². The number of halogens is 1. The first-order valence-corrected chi connectivity index (χ1v) is 9.46. The van der Waals surface area contributed by atoms with Crippen molar-refractivity contribution in [3.8, 4) is 0 Å². The maximum absolute atomic E-state index is 12.1. The summed E-state index contributed by atoms with van der Waals surface area (Å²) in [6, 6.07) is 6.26. The molecule has 0 saturated carbocycles. The van der Waals surface area contributed by atoms with Crippen LogP contribution < -0.4 is 0 Å². The molecular weight excluding hydrogens is 312 g/mol. The van der Waals surface area contributed by atoms with E-state index in [9.17, 15) is 21.9 Å². The van der Waals surface area contributed by atoms with Crippen molar-refractivity contribution < 1.29 is 21.9 Å². The van der Waals surface area contributed by atoms with Crippen molar-refractivity contribution >= 4 is 31.3 Å². The summed E-state index contributed by atoms with van der Waals surface area (Å²) in [5, 5.41) is 8.85. The Bertz CT molecular complexity index is 664. The van der Waals surface area contributed by atoms with Gasteiger partial charge in [-0.15, -0.1) is 0 Å². The molecule has 1 heterocycles. The van der Waals surface area contributed by atoms with E-state index in [1.807, 2.05) is 0 Å². The quantitative estimate of drug-likeness (QED) is 0.870. The summed E-state index contributed by atoms with van der Waals surface area (Å²) in [6.07, 6.45) is -1.35. The number of rotatable bonds is 3. The van der Waals surface area contributed by atoms with Gasteiger partial charge in [-0.1, -0.05) is 23.7 Å². The van der Waals surface area contributed by atoms with E-state index >= 15 is 0 Å². The van der Waals surface area contributed by atoms with Gasteiger partial charge >= 0.3 is 0 Å². The van der Waals surface area contributed by atoms with Crippen LogP contribution in [0.3, 0.4) is 0 Å². The number of benzene rings is 1. The van der Waals surface area contributed by atoms with Crippen molar-refractivity contribution in [3.63, 3.8) is 0 Å². The minimum Gasteiger partial charge on any atom is -0.391 e. The fraction of sp³-hybridized carbons (Fsp3) is 0.455. The molecule has 0 spiro atoms. The summed E-state index contributed by atoms with van der Waals surface area (Å²) in [5.41, 5.74) is 0.515. The van der Waals surface area contributed by atoms with Gasteiger partial charge in [0.05, 0.1) is 23.4 Å². The van der Waals surface area contributed by atoms with Gasteiger partial charge in [0.2, 0.25) is 0 Å².